The molecule has 0 atom stereocenters. The van der Waals surface area contributed by atoms with Gasteiger partial charge < -0.3 is 10.2 Å². The van der Waals surface area contributed by atoms with Gasteiger partial charge in [-0.3, -0.25) is 19.6 Å². The van der Waals surface area contributed by atoms with Gasteiger partial charge in [0.15, 0.2) is 0 Å². The van der Waals surface area contributed by atoms with Crippen LogP contribution in [0.25, 0.3) is 0 Å². The average Bonchev–Trinajstić information content (AvgIpc) is 3.18. The third-order valence-electron chi connectivity index (χ3n) is 4.77. The molecule has 0 radical (unpaired) electrons. The third kappa shape index (κ3) is 3.54. The number of nitrogens with zero attached hydrogens (tertiary/aromatic N) is 4. The maximum absolute atomic E-state index is 12.4. The van der Waals surface area contributed by atoms with E-state index in [0.29, 0.717) is 11.4 Å². The summed E-state index contributed by atoms with van der Waals surface area (Å²) < 4.78 is 1.37. The Balaban J connectivity index is 1.70. The molecule has 0 bridgehead atoms. The molecule has 8 heteroatoms. The van der Waals surface area contributed by atoms with E-state index in [1.54, 1.807) is 13.8 Å². The highest BCUT2D eigenvalue weighted by Gasteiger charge is 2.23. The summed E-state index contributed by atoms with van der Waals surface area (Å²) in [6.45, 7) is 7.21. The molecule has 0 aliphatic carbocycles. The van der Waals surface area contributed by atoms with E-state index in [1.807, 2.05) is 19.1 Å². The zero-order valence-corrected chi connectivity index (χ0v) is 15.3. The van der Waals surface area contributed by atoms with Gasteiger partial charge in [0.2, 0.25) is 5.91 Å². The van der Waals surface area contributed by atoms with Crippen molar-refractivity contribution in [1.82, 2.24) is 9.78 Å². The van der Waals surface area contributed by atoms with Crippen LogP contribution in [0.4, 0.5) is 17.1 Å². The number of hydrogen-bond donors (Lipinski definition) is 1. The molecule has 1 fully saturated rings. The van der Waals surface area contributed by atoms with Crippen molar-refractivity contribution in [3.8, 4) is 0 Å². The second-order valence-electron chi connectivity index (χ2n) is 6.68. The standard InChI is InChI=1S/C18H23N5O3/c1-12-10-15(21-8-4-5-9-21)6-7-16(12)19-17(24)11-22-14(3)18(23(25)26)13(2)20-22/h6-7,10H,4-5,8-9,11H2,1-3H3,(H,19,24). The van der Waals surface area contributed by atoms with E-state index < -0.39 is 4.92 Å². The van der Waals surface area contributed by atoms with E-state index in [2.05, 4.69) is 21.4 Å². The molecule has 3 rings (SSSR count). The fourth-order valence-electron chi connectivity index (χ4n) is 3.39. The number of anilines is 2. The lowest BCUT2D eigenvalue weighted by Gasteiger charge is -2.19. The molecular formula is C18H23N5O3. The average molecular weight is 357 g/mol. The molecule has 0 spiro atoms. The summed E-state index contributed by atoms with van der Waals surface area (Å²) in [6.07, 6.45) is 2.43. The van der Waals surface area contributed by atoms with Gasteiger partial charge in [0.1, 0.15) is 17.9 Å². The molecule has 0 saturated carbocycles. The van der Waals surface area contributed by atoms with Crippen LogP contribution in [0.2, 0.25) is 0 Å². The Hall–Kier alpha value is -2.90. The number of rotatable bonds is 5. The first kappa shape index (κ1) is 17.9. The zero-order valence-electron chi connectivity index (χ0n) is 15.3. The minimum absolute atomic E-state index is 0.0380. The predicted octanol–water partition coefficient (Wildman–Crippen LogP) is 2.96. The molecule has 138 valence electrons. The highest BCUT2D eigenvalue weighted by molar-refractivity contribution is 5.91. The minimum Gasteiger partial charge on any atom is -0.372 e. The summed E-state index contributed by atoms with van der Waals surface area (Å²) in [7, 11) is 0. The zero-order chi connectivity index (χ0) is 18.8. The normalized spacial score (nSPS) is 13.9. The van der Waals surface area contributed by atoms with E-state index in [-0.39, 0.29) is 18.1 Å². The van der Waals surface area contributed by atoms with Gasteiger partial charge in [0.05, 0.1) is 4.92 Å². The molecular weight excluding hydrogens is 334 g/mol. The van der Waals surface area contributed by atoms with Crippen molar-refractivity contribution in [3.05, 3.63) is 45.3 Å². The fraction of sp³-hybridized carbons (Fsp3) is 0.444. The smallest absolute Gasteiger partial charge is 0.312 e. The second kappa shape index (κ2) is 7.15. The SMILES string of the molecule is Cc1cc(N2CCCC2)ccc1NC(=O)Cn1nc(C)c([N+](=O)[O-])c1C. The largest absolute Gasteiger partial charge is 0.372 e. The number of benzene rings is 1. The Labute approximate surface area is 151 Å². The number of hydrogen-bond acceptors (Lipinski definition) is 5. The molecule has 2 aromatic rings. The van der Waals surface area contributed by atoms with Crippen molar-refractivity contribution in [1.29, 1.82) is 0 Å². The van der Waals surface area contributed by atoms with Crippen LogP contribution in [-0.4, -0.2) is 33.7 Å². The van der Waals surface area contributed by atoms with Crippen LogP contribution < -0.4 is 10.2 Å². The van der Waals surface area contributed by atoms with Gasteiger partial charge in [0.25, 0.3) is 0 Å². The van der Waals surface area contributed by atoms with E-state index in [0.717, 1.165) is 24.3 Å². The molecule has 1 aliphatic rings. The van der Waals surface area contributed by atoms with Crippen molar-refractivity contribution in [2.24, 2.45) is 0 Å². The summed E-state index contributed by atoms with van der Waals surface area (Å²) in [6, 6.07) is 6.00. The molecule has 1 saturated heterocycles. The highest BCUT2D eigenvalue weighted by Crippen LogP contribution is 2.26. The maximum Gasteiger partial charge on any atom is 0.312 e. The lowest BCUT2D eigenvalue weighted by Crippen LogP contribution is -2.21. The molecule has 2 heterocycles. The second-order valence-corrected chi connectivity index (χ2v) is 6.68. The summed E-state index contributed by atoms with van der Waals surface area (Å²) in [5, 5.41) is 18.0. The first-order valence-corrected chi connectivity index (χ1v) is 8.70. The first-order chi connectivity index (χ1) is 12.4. The van der Waals surface area contributed by atoms with E-state index in [9.17, 15) is 14.9 Å². The van der Waals surface area contributed by atoms with Crippen molar-refractivity contribution in [2.45, 2.75) is 40.2 Å². The van der Waals surface area contributed by atoms with Crippen molar-refractivity contribution < 1.29 is 9.72 Å². The summed E-state index contributed by atoms with van der Waals surface area (Å²) in [5.41, 5.74) is 3.56. The van der Waals surface area contributed by atoms with Crippen LogP contribution in [-0.2, 0) is 11.3 Å². The van der Waals surface area contributed by atoms with Crippen molar-refractivity contribution in [3.63, 3.8) is 0 Å². The summed E-state index contributed by atoms with van der Waals surface area (Å²) >= 11 is 0. The number of carbonyl (C=O) groups excluding carboxylic acids is 1. The van der Waals surface area contributed by atoms with Crippen LogP contribution in [0.5, 0.6) is 0 Å². The molecule has 8 nitrogen and oxygen atoms in total. The highest BCUT2D eigenvalue weighted by atomic mass is 16.6. The van der Waals surface area contributed by atoms with Crippen molar-refractivity contribution in [2.75, 3.05) is 23.3 Å². The monoisotopic (exact) mass is 357 g/mol. The molecule has 1 aliphatic heterocycles. The number of amides is 1. The molecule has 1 aromatic carbocycles. The Bertz CT molecular complexity index is 853. The first-order valence-electron chi connectivity index (χ1n) is 8.70. The molecule has 1 aromatic heterocycles. The van der Waals surface area contributed by atoms with E-state index in [4.69, 9.17) is 0 Å². The molecule has 26 heavy (non-hydrogen) atoms. The van der Waals surface area contributed by atoms with Gasteiger partial charge in [0, 0.05) is 24.5 Å². The number of aromatic nitrogens is 2. The third-order valence-corrected chi connectivity index (χ3v) is 4.77. The number of nitrogens with one attached hydrogen (secondary N) is 1. The van der Waals surface area contributed by atoms with Gasteiger partial charge in [-0.25, -0.2) is 0 Å². The molecule has 1 amide bonds. The predicted molar refractivity (Wildman–Crippen MR) is 99.6 cm³/mol. The summed E-state index contributed by atoms with van der Waals surface area (Å²) in [4.78, 5) is 25.3. The maximum atomic E-state index is 12.4. The Kier molecular flexibility index (Phi) is 4.92. The number of carbonyl (C=O) groups is 1. The van der Waals surface area contributed by atoms with Crippen LogP contribution in [0, 0.1) is 30.9 Å². The lowest BCUT2D eigenvalue weighted by atomic mass is 10.1. The lowest BCUT2D eigenvalue weighted by molar-refractivity contribution is -0.386. The van der Waals surface area contributed by atoms with Crippen LogP contribution in [0.1, 0.15) is 29.8 Å². The Morgan fingerprint density at radius 2 is 1.96 bits per heavy atom. The summed E-state index contributed by atoms with van der Waals surface area (Å²) in [5.74, 6) is -0.262. The minimum atomic E-state index is -0.465. The molecule has 1 N–H and O–H groups in total. The van der Waals surface area contributed by atoms with Gasteiger partial charge >= 0.3 is 5.69 Å². The van der Waals surface area contributed by atoms with Gasteiger partial charge in [-0.2, -0.15) is 5.10 Å². The Morgan fingerprint density at radius 1 is 1.27 bits per heavy atom. The van der Waals surface area contributed by atoms with Gasteiger partial charge in [-0.1, -0.05) is 0 Å². The van der Waals surface area contributed by atoms with E-state index in [1.165, 1.54) is 23.2 Å². The number of nitro groups is 1. The van der Waals surface area contributed by atoms with Gasteiger partial charge in [-0.15, -0.1) is 0 Å². The fourth-order valence-corrected chi connectivity index (χ4v) is 3.39. The van der Waals surface area contributed by atoms with Crippen LogP contribution in [0.3, 0.4) is 0 Å². The Morgan fingerprint density at radius 3 is 2.54 bits per heavy atom. The van der Waals surface area contributed by atoms with Crippen molar-refractivity contribution >= 4 is 23.0 Å². The topological polar surface area (TPSA) is 93.3 Å². The van der Waals surface area contributed by atoms with Gasteiger partial charge in [-0.05, 0) is 57.4 Å². The van der Waals surface area contributed by atoms with Crippen LogP contribution in [0.15, 0.2) is 18.2 Å². The molecule has 0 unspecified atom stereocenters. The van der Waals surface area contributed by atoms with E-state index >= 15 is 0 Å². The van der Waals surface area contributed by atoms with Crippen LogP contribution >= 0.6 is 0 Å². The quantitative estimate of drug-likeness (QED) is 0.656. The number of aryl methyl sites for hydroxylation is 2.